The van der Waals surface area contributed by atoms with E-state index in [0.717, 1.165) is 22.4 Å². The Hall–Kier alpha value is -2.42. The van der Waals surface area contributed by atoms with Crippen molar-refractivity contribution in [3.05, 3.63) is 65.2 Å². The fourth-order valence-corrected chi connectivity index (χ4v) is 1.78. The quantitative estimate of drug-likeness (QED) is 0.815. The van der Waals surface area contributed by atoms with Gasteiger partial charge in [-0.15, -0.1) is 0 Å². The summed E-state index contributed by atoms with van der Waals surface area (Å²) in [4.78, 5) is 3.99. The minimum atomic E-state index is 0.519. The Labute approximate surface area is 113 Å². The highest BCUT2D eigenvalue weighted by Gasteiger charge is 2.00. The Morgan fingerprint density at radius 3 is 2.53 bits per heavy atom. The molecule has 0 spiro atoms. The van der Waals surface area contributed by atoms with E-state index in [9.17, 15) is 0 Å². The molecule has 96 valence electrons. The molecule has 2 rings (SSSR count). The molecule has 1 N–H and O–H groups in total. The molecule has 0 heterocycles. The van der Waals surface area contributed by atoms with Crippen LogP contribution in [0.1, 0.15) is 16.7 Å². The maximum atomic E-state index is 7.34. The summed E-state index contributed by atoms with van der Waals surface area (Å²) < 4.78 is 5.76. The second-order valence-corrected chi connectivity index (χ2v) is 4.14. The van der Waals surface area contributed by atoms with E-state index in [4.69, 9.17) is 10.1 Å². The zero-order chi connectivity index (χ0) is 13.5. The highest BCUT2D eigenvalue weighted by atomic mass is 16.5. The average molecular weight is 252 g/mol. The van der Waals surface area contributed by atoms with Crippen molar-refractivity contribution in [1.29, 1.82) is 5.41 Å². The average Bonchev–Trinajstić information content (AvgIpc) is 2.46. The topological polar surface area (TPSA) is 45.4 Å². The molecule has 0 radical (unpaired) electrons. The summed E-state index contributed by atoms with van der Waals surface area (Å²) >= 11 is 0. The Morgan fingerprint density at radius 1 is 1.11 bits per heavy atom. The molecule has 2 aromatic carbocycles. The van der Waals surface area contributed by atoms with Crippen LogP contribution in [0, 0.1) is 5.41 Å². The summed E-state index contributed by atoms with van der Waals surface area (Å²) in [6.45, 7) is 0.519. The molecule has 0 aromatic heterocycles. The maximum Gasteiger partial charge on any atom is 0.121 e. The molecule has 0 unspecified atom stereocenters. The molecule has 0 aliphatic rings. The summed E-state index contributed by atoms with van der Waals surface area (Å²) in [6.07, 6.45) is 3.06. The van der Waals surface area contributed by atoms with Crippen LogP contribution in [0.25, 0.3) is 0 Å². The molecule has 0 bridgehead atoms. The molecule has 0 fully saturated rings. The van der Waals surface area contributed by atoms with Gasteiger partial charge >= 0.3 is 0 Å². The van der Waals surface area contributed by atoms with Crippen LogP contribution in [0.3, 0.4) is 0 Å². The van der Waals surface area contributed by atoms with E-state index in [1.807, 2.05) is 48.5 Å². The van der Waals surface area contributed by atoms with Crippen LogP contribution in [0.4, 0.5) is 0 Å². The van der Waals surface area contributed by atoms with E-state index in [0.29, 0.717) is 6.61 Å². The molecule has 2 aromatic rings. The molecular formula is C16H16N2O. The fourth-order valence-electron chi connectivity index (χ4n) is 1.78. The molecule has 19 heavy (non-hydrogen) atoms. The van der Waals surface area contributed by atoms with Crippen LogP contribution in [-0.2, 0) is 6.61 Å². The van der Waals surface area contributed by atoms with Crippen LogP contribution in [0.5, 0.6) is 5.75 Å². The third-order valence-corrected chi connectivity index (χ3v) is 2.64. The molecule has 0 aliphatic carbocycles. The molecule has 3 nitrogen and oxygen atoms in total. The maximum absolute atomic E-state index is 7.34. The first kappa shape index (κ1) is 13.0. The van der Waals surface area contributed by atoms with Gasteiger partial charge in [0.25, 0.3) is 0 Å². The molecular weight excluding hydrogens is 236 g/mol. The summed E-state index contributed by atoms with van der Waals surface area (Å²) in [5, 5.41) is 7.34. The first-order valence-corrected chi connectivity index (χ1v) is 6.06. The normalized spacial score (nSPS) is 10.6. The van der Waals surface area contributed by atoms with Gasteiger partial charge in [0, 0.05) is 19.5 Å². The van der Waals surface area contributed by atoms with Crippen molar-refractivity contribution in [1.82, 2.24) is 0 Å². The van der Waals surface area contributed by atoms with Gasteiger partial charge in [-0.3, -0.25) is 4.99 Å². The third-order valence-electron chi connectivity index (χ3n) is 2.64. The fraction of sp³-hybridized carbons (Fsp3) is 0.125. The van der Waals surface area contributed by atoms with Gasteiger partial charge in [-0.05, 0) is 34.9 Å². The highest BCUT2D eigenvalue weighted by molar-refractivity contribution is 5.86. The van der Waals surface area contributed by atoms with Gasteiger partial charge in [0.2, 0.25) is 0 Å². The van der Waals surface area contributed by atoms with Gasteiger partial charge in [0.05, 0.1) is 0 Å². The highest BCUT2D eigenvalue weighted by Crippen LogP contribution is 2.17. The van der Waals surface area contributed by atoms with Crippen molar-refractivity contribution in [3.63, 3.8) is 0 Å². The van der Waals surface area contributed by atoms with Gasteiger partial charge < -0.3 is 10.1 Å². The minimum Gasteiger partial charge on any atom is -0.489 e. The zero-order valence-corrected chi connectivity index (χ0v) is 10.8. The number of nitrogens with one attached hydrogen (secondary N) is 1. The predicted molar refractivity (Wildman–Crippen MR) is 78.6 cm³/mol. The van der Waals surface area contributed by atoms with Crippen molar-refractivity contribution in [2.24, 2.45) is 4.99 Å². The van der Waals surface area contributed by atoms with Crippen LogP contribution in [0.15, 0.2) is 53.5 Å². The van der Waals surface area contributed by atoms with E-state index in [2.05, 4.69) is 4.99 Å². The van der Waals surface area contributed by atoms with Crippen molar-refractivity contribution < 1.29 is 4.74 Å². The lowest BCUT2D eigenvalue weighted by Gasteiger charge is -2.08. The molecule has 0 saturated carbocycles. The third kappa shape index (κ3) is 3.78. The number of ether oxygens (including phenoxy) is 1. The molecule has 3 heteroatoms. The van der Waals surface area contributed by atoms with Gasteiger partial charge in [-0.25, -0.2) is 0 Å². The smallest absolute Gasteiger partial charge is 0.121 e. The number of nitrogens with zero attached hydrogens (tertiary/aromatic N) is 1. The van der Waals surface area contributed by atoms with E-state index in [1.54, 1.807) is 13.3 Å². The lowest BCUT2D eigenvalue weighted by Crippen LogP contribution is -1.97. The number of benzene rings is 2. The summed E-state index contributed by atoms with van der Waals surface area (Å²) in [5.74, 6) is 0.750. The van der Waals surface area contributed by atoms with Crippen LogP contribution >= 0.6 is 0 Å². The van der Waals surface area contributed by atoms with Crippen LogP contribution < -0.4 is 4.74 Å². The standard InChI is InChI=1S/C16H16N2O/c1-18-11-15-7-14(10-17)8-16(9-15)19-12-13-5-3-2-4-6-13/h2-11,17H,12H2,1H3. The summed E-state index contributed by atoms with van der Waals surface area (Å²) in [6, 6.07) is 15.7. The van der Waals surface area contributed by atoms with Gasteiger partial charge in [0.15, 0.2) is 0 Å². The van der Waals surface area contributed by atoms with Gasteiger partial charge in [0.1, 0.15) is 12.4 Å². The second-order valence-electron chi connectivity index (χ2n) is 4.14. The Morgan fingerprint density at radius 2 is 1.84 bits per heavy atom. The number of aliphatic imine (C=N–C) groups is 1. The molecule has 0 saturated heterocycles. The van der Waals surface area contributed by atoms with Crippen molar-refractivity contribution in [3.8, 4) is 5.75 Å². The van der Waals surface area contributed by atoms with Crippen LogP contribution in [0.2, 0.25) is 0 Å². The van der Waals surface area contributed by atoms with E-state index < -0.39 is 0 Å². The SMILES string of the molecule is CN=Cc1cc(C=N)cc(OCc2ccccc2)c1. The van der Waals surface area contributed by atoms with Gasteiger partial charge in [-0.2, -0.15) is 0 Å². The summed E-state index contributed by atoms with van der Waals surface area (Å²) in [7, 11) is 1.72. The van der Waals surface area contributed by atoms with Crippen LogP contribution in [-0.4, -0.2) is 19.5 Å². The van der Waals surface area contributed by atoms with E-state index in [-0.39, 0.29) is 0 Å². The Kier molecular flexibility index (Phi) is 4.45. The molecule has 0 atom stereocenters. The lowest BCUT2D eigenvalue weighted by atomic mass is 10.1. The molecule has 0 aliphatic heterocycles. The van der Waals surface area contributed by atoms with Crippen molar-refractivity contribution in [2.45, 2.75) is 6.61 Å². The first-order chi connectivity index (χ1) is 9.31. The zero-order valence-electron chi connectivity index (χ0n) is 10.8. The number of rotatable bonds is 5. The minimum absolute atomic E-state index is 0.519. The second kappa shape index (κ2) is 6.50. The first-order valence-electron chi connectivity index (χ1n) is 6.06. The van der Waals surface area contributed by atoms with Crippen molar-refractivity contribution >= 4 is 12.4 Å². The largest absolute Gasteiger partial charge is 0.489 e. The monoisotopic (exact) mass is 252 g/mol. The lowest BCUT2D eigenvalue weighted by molar-refractivity contribution is 0.306. The van der Waals surface area contributed by atoms with Gasteiger partial charge in [-0.1, -0.05) is 30.3 Å². The number of hydrogen-bond acceptors (Lipinski definition) is 3. The predicted octanol–water partition coefficient (Wildman–Crippen LogP) is 3.31. The van der Waals surface area contributed by atoms with E-state index >= 15 is 0 Å². The number of hydrogen-bond donors (Lipinski definition) is 1. The summed E-state index contributed by atoms with van der Waals surface area (Å²) in [5.41, 5.74) is 2.86. The van der Waals surface area contributed by atoms with E-state index in [1.165, 1.54) is 6.21 Å². The Balaban J connectivity index is 2.15. The Bertz CT molecular complexity index is 577. The van der Waals surface area contributed by atoms with Crippen molar-refractivity contribution in [2.75, 3.05) is 7.05 Å². The molecule has 0 amide bonds.